The lowest BCUT2D eigenvalue weighted by Gasteiger charge is -2.13. The minimum atomic E-state index is -0.830. The largest absolute Gasteiger partial charge is 0.394 e. The van der Waals surface area contributed by atoms with Crippen LogP contribution < -0.4 is 10.6 Å². The Hall–Kier alpha value is -1.11. The molecular weight excluding hydrogens is 220 g/mol. The Balaban J connectivity index is 2.72. The molecule has 15 heavy (non-hydrogen) atoms. The van der Waals surface area contributed by atoms with Crippen LogP contribution in [0.1, 0.15) is 0 Å². The summed E-state index contributed by atoms with van der Waals surface area (Å²) in [6.45, 7) is -0.112. The third kappa shape index (κ3) is 3.19. The van der Waals surface area contributed by atoms with Gasteiger partial charge in [-0.15, -0.1) is 0 Å². The molecule has 1 atom stereocenters. The Bertz CT molecular complexity index is 324. The zero-order valence-electron chi connectivity index (χ0n) is 8.24. The van der Waals surface area contributed by atoms with Crippen molar-refractivity contribution >= 4 is 23.1 Å². The van der Waals surface area contributed by atoms with Gasteiger partial charge in [-0.05, 0) is 0 Å². The van der Waals surface area contributed by atoms with Crippen molar-refractivity contribution in [1.82, 2.24) is 9.97 Å². The first-order chi connectivity index (χ1) is 7.19. The van der Waals surface area contributed by atoms with Gasteiger partial charge in [0.1, 0.15) is 12.0 Å². The van der Waals surface area contributed by atoms with E-state index in [0.29, 0.717) is 16.7 Å². The first kappa shape index (κ1) is 12.0. The van der Waals surface area contributed by atoms with E-state index in [-0.39, 0.29) is 13.2 Å². The number of hydrogen-bond acceptors (Lipinski definition) is 6. The second-order valence-corrected chi connectivity index (χ2v) is 3.21. The van der Waals surface area contributed by atoms with Crippen molar-refractivity contribution in [3.8, 4) is 0 Å². The highest BCUT2D eigenvalue weighted by Gasteiger charge is 2.09. The summed E-state index contributed by atoms with van der Waals surface area (Å²) in [7, 11) is 1.69. The molecule has 1 rings (SSSR count). The number of halogens is 1. The van der Waals surface area contributed by atoms with E-state index in [0.717, 1.165) is 0 Å². The monoisotopic (exact) mass is 232 g/mol. The maximum absolute atomic E-state index is 9.14. The lowest BCUT2D eigenvalue weighted by molar-refractivity contribution is 0.105. The SMILES string of the molecule is CNc1c(Cl)ncnc1NCC(O)CO. The van der Waals surface area contributed by atoms with E-state index in [4.69, 9.17) is 21.8 Å². The standard InChI is InChI=1S/C8H13ClN4O2/c1-10-6-7(9)12-4-13-8(6)11-2-5(15)3-14/h4-5,10,14-15H,2-3H2,1H3,(H,11,12,13). The molecule has 4 N–H and O–H groups in total. The fourth-order valence-electron chi connectivity index (χ4n) is 0.999. The fourth-order valence-corrected chi connectivity index (χ4v) is 1.23. The van der Waals surface area contributed by atoms with Crippen LogP contribution in [0.3, 0.4) is 0 Å². The molecule has 1 heterocycles. The second kappa shape index (κ2) is 5.69. The summed E-state index contributed by atoms with van der Waals surface area (Å²) in [4.78, 5) is 7.75. The zero-order valence-corrected chi connectivity index (χ0v) is 8.99. The van der Waals surface area contributed by atoms with E-state index >= 15 is 0 Å². The van der Waals surface area contributed by atoms with Gasteiger partial charge in [0, 0.05) is 13.6 Å². The quantitative estimate of drug-likeness (QED) is 0.532. The summed E-state index contributed by atoms with van der Waals surface area (Å²) in [5.41, 5.74) is 0.560. The highest BCUT2D eigenvalue weighted by atomic mass is 35.5. The molecule has 0 amide bonds. The third-order valence-corrected chi connectivity index (χ3v) is 2.05. The molecule has 84 valence electrons. The molecule has 0 aromatic carbocycles. The molecule has 1 aromatic rings. The highest BCUT2D eigenvalue weighted by Crippen LogP contribution is 2.24. The van der Waals surface area contributed by atoms with Crippen molar-refractivity contribution in [3.05, 3.63) is 11.5 Å². The van der Waals surface area contributed by atoms with Gasteiger partial charge in [-0.1, -0.05) is 11.6 Å². The second-order valence-electron chi connectivity index (χ2n) is 2.86. The first-order valence-electron chi connectivity index (χ1n) is 4.40. The van der Waals surface area contributed by atoms with Crippen LogP contribution in [0.25, 0.3) is 0 Å². The van der Waals surface area contributed by atoms with Gasteiger partial charge >= 0.3 is 0 Å². The number of hydrogen-bond donors (Lipinski definition) is 4. The van der Waals surface area contributed by atoms with Crippen LogP contribution in [0.5, 0.6) is 0 Å². The van der Waals surface area contributed by atoms with Crippen molar-refractivity contribution in [2.75, 3.05) is 30.8 Å². The Labute approximate surface area is 92.3 Å². The first-order valence-corrected chi connectivity index (χ1v) is 4.78. The van der Waals surface area contributed by atoms with Crippen LogP contribution in [0.2, 0.25) is 5.15 Å². The number of aromatic nitrogens is 2. The Morgan fingerprint density at radius 1 is 1.53 bits per heavy atom. The van der Waals surface area contributed by atoms with Gasteiger partial charge in [0.05, 0.1) is 12.7 Å². The maximum Gasteiger partial charge on any atom is 0.157 e. The van der Waals surface area contributed by atoms with Crippen LogP contribution >= 0.6 is 11.6 Å². The smallest absolute Gasteiger partial charge is 0.157 e. The zero-order chi connectivity index (χ0) is 11.3. The summed E-state index contributed by atoms with van der Waals surface area (Å²) in [5, 5.41) is 23.8. The molecule has 0 radical (unpaired) electrons. The summed E-state index contributed by atoms with van der Waals surface area (Å²) in [6, 6.07) is 0. The molecule has 1 unspecified atom stereocenters. The Morgan fingerprint density at radius 3 is 2.87 bits per heavy atom. The van der Waals surface area contributed by atoms with Gasteiger partial charge in [0.2, 0.25) is 0 Å². The van der Waals surface area contributed by atoms with E-state index in [1.165, 1.54) is 6.33 Å². The molecule has 0 aliphatic rings. The van der Waals surface area contributed by atoms with Crippen LogP contribution in [0, 0.1) is 0 Å². The minimum absolute atomic E-state index is 0.193. The van der Waals surface area contributed by atoms with E-state index in [9.17, 15) is 0 Å². The normalized spacial score (nSPS) is 12.3. The Kier molecular flexibility index (Phi) is 4.54. The van der Waals surface area contributed by atoms with Crippen LogP contribution in [0.15, 0.2) is 6.33 Å². The number of aliphatic hydroxyl groups excluding tert-OH is 2. The predicted octanol–water partition coefficient (Wildman–Crippen LogP) is -0.0632. The molecule has 0 aliphatic carbocycles. The maximum atomic E-state index is 9.14. The summed E-state index contributed by atoms with van der Waals surface area (Å²) >= 11 is 5.81. The molecule has 7 heteroatoms. The number of nitrogens with one attached hydrogen (secondary N) is 2. The van der Waals surface area contributed by atoms with Crippen molar-refractivity contribution in [3.63, 3.8) is 0 Å². The van der Waals surface area contributed by atoms with Gasteiger partial charge < -0.3 is 20.8 Å². The van der Waals surface area contributed by atoms with Crippen molar-refractivity contribution < 1.29 is 10.2 Å². The van der Waals surface area contributed by atoms with Crippen LogP contribution in [-0.4, -0.2) is 46.5 Å². The van der Waals surface area contributed by atoms with E-state index in [1.54, 1.807) is 7.05 Å². The lowest BCUT2D eigenvalue weighted by atomic mass is 10.3. The summed E-state index contributed by atoms with van der Waals surface area (Å²) in [5.74, 6) is 0.491. The number of nitrogens with zero attached hydrogens (tertiary/aromatic N) is 2. The number of aliphatic hydroxyl groups is 2. The van der Waals surface area contributed by atoms with Crippen molar-refractivity contribution in [2.24, 2.45) is 0 Å². The van der Waals surface area contributed by atoms with Crippen LogP contribution in [-0.2, 0) is 0 Å². The van der Waals surface area contributed by atoms with Gasteiger partial charge in [0.15, 0.2) is 11.0 Å². The van der Waals surface area contributed by atoms with E-state index in [2.05, 4.69) is 20.6 Å². The third-order valence-electron chi connectivity index (χ3n) is 1.77. The molecule has 0 bridgehead atoms. The topological polar surface area (TPSA) is 90.3 Å². The van der Waals surface area contributed by atoms with Crippen LogP contribution in [0.4, 0.5) is 11.5 Å². The predicted molar refractivity (Wildman–Crippen MR) is 58.2 cm³/mol. The van der Waals surface area contributed by atoms with Crippen molar-refractivity contribution in [2.45, 2.75) is 6.10 Å². The molecule has 6 nitrogen and oxygen atoms in total. The molecule has 0 spiro atoms. The lowest BCUT2D eigenvalue weighted by Crippen LogP contribution is -2.23. The molecule has 0 saturated carbocycles. The van der Waals surface area contributed by atoms with Gasteiger partial charge in [0.25, 0.3) is 0 Å². The van der Waals surface area contributed by atoms with E-state index < -0.39 is 6.10 Å². The minimum Gasteiger partial charge on any atom is -0.394 e. The molecule has 0 aliphatic heterocycles. The summed E-state index contributed by atoms with van der Waals surface area (Å²) in [6.07, 6.45) is 0.486. The van der Waals surface area contributed by atoms with Gasteiger partial charge in [-0.3, -0.25) is 0 Å². The molecular formula is C8H13ClN4O2. The summed E-state index contributed by atoms with van der Waals surface area (Å²) < 4.78 is 0. The number of rotatable bonds is 5. The Morgan fingerprint density at radius 2 is 2.27 bits per heavy atom. The number of anilines is 2. The van der Waals surface area contributed by atoms with E-state index in [1.807, 2.05) is 0 Å². The highest BCUT2D eigenvalue weighted by molar-refractivity contribution is 6.32. The average molecular weight is 233 g/mol. The van der Waals surface area contributed by atoms with Crippen molar-refractivity contribution in [1.29, 1.82) is 0 Å². The molecule has 0 fully saturated rings. The van der Waals surface area contributed by atoms with Gasteiger partial charge in [-0.25, -0.2) is 9.97 Å². The van der Waals surface area contributed by atoms with Gasteiger partial charge in [-0.2, -0.15) is 0 Å². The molecule has 0 saturated heterocycles. The fraction of sp³-hybridized carbons (Fsp3) is 0.500. The molecule has 1 aromatic heterocycles. The average Bonchev–Trinajstić information content (AvgIpc) is 2.25.